The fraction of sp³-hybridized carbons (Fsp3) is 0.500. The second-order valence-corrected chi connectivity index (χ2v) is 1.60. The van der Waals surface area contributed by atoms with E-state index in [9.17, 15) is 4.79 Å². The molecule has 0 spiro atoms. The molecule has 0 fully saturated rings. The van der Waals surface area contributed by atoms with E-state index in [1.165, 1.54) is 0 Å². The normalized spacial score (nSPS) is 7.50. The number of carbonyl (C=O) groups excluding carboxylic acids is 1. The van der Waals surface area contributed by atoms with Gasteiger partial charge in [0.1, 0.15) is 13.2 Å². The molecule has 0 aliphatic carbocycles. The van der Waals surface area contributed by atoms with Crippen molar-refractivity contribution in [3.63, 3.8) is 0 Å². The van der Waals surface area contributed by atoms with Crippen LogP contribution in [-0.2, 0) is 9.59 Å². The van der Waals surface area contributed by atoms with E-state index in [4.69, 9.17) is 20.1 Å². The molecule has 0 rings (SSSR count). The Hall–Kier alpha value is -0.590. The van der Waals surface area contributed by atoms with Crippen LogP contribution in [0.5, 0.6) is 0 Å². The van der Waals surface area contributed by atoms with E-state index >= 15 is 0 Å². The standard InChI is InChI=1S/C2H4O3.C2H4O2S/c2*3-1-2(4)5/h2*3H,1H2,(H,4,5). The van der Waals surface area contributed by atoms with Gasteiger partial charge in [0.25, 0.3) is 0 Å². The lowest BCUT2D eigenvalue weighted by molar-refractivity contribution is -0.140. The fourth-order valence-corrected chi connectivity index (χ4v) is 0. The van der Waals surface area contributed by atoms with Crippen LogP contribution in [0, 0.1) is 0 Å². The zero-order valence-electron chi connectivity index (χ0n) is 5.02. The van der Waals surface area contributed by atoms with Gasteiger partial charge in [0.15, 0.2) is 0 Å². The highest BCUT2D eigenvalue weighted by molar-refractivity contribution is 7.96. The quantitative estimate of drug-likeness (QED) is 0.376. The van der Waals surface area contributed by atoms with E-state index in [0.717, 1.165) is 0 Å². The minimum Gasteiger partial charge on any atom is -0.480 e. The maximum Gasteiger partial charge on any atom is 0.329 e. The van der Waals surface area contributed by atoms with E-state index in [1.807, 2.05) is 0 Å². The monoisotopic (exact) mass is 168 g/mol. The lowest BCUT2D eigenvalue weighted by atomic mass is 10.8. The number of carboxylic acids is 1. The average Bonchev–Trinajstić information content (AvgIpc) is 1.89. The predicted molar refractivity (Wildman–Crippen MR) is 35.8 cm³/mol. The van der Waals surface area contributed by atoms with E-state index < -0.39 is 24.3 Å². The molecule has 0 aliphatic heterocycles. The first kappa shape index (κ1) is 12.1. The molecule has 0 aromatic carbocycles. The number of hydrogen-bond donors (Lipinski definition) is 4. The van der Waals surface area contributed by atoms with Crippen molar-refractivity contribution in [3.8, 4) is 0 Å². The molecule has 6 heteroatoms. The fourth-order valence-electron chi connectivity index (χ4n) is 0. The van der Waals surface area contributed by atoms with Crippen molar-refractivity contribution in [1.82, 2.24) is 0 Å². The second-order valence-electron chi connectivity index (χ2n) is 1.10. The highest BCUT2D eigenvalue weighted by atomic mass is 32.1. The summed E-state index contributed by atoms with van der Waals surface area (Å²) in [7, 11) is 0. The molecule has 0 aliphatic rings. The summed E-state index contributed by atoms with van der Waals surface area (Å²) in [5, 5.41) is 22.2. The third kappa shape index (κ3) is 26.2. The van der Waals surface area contributed by atoms with Gasteiger partial charge >= 0.3 is 5.97 Å². The lowest BCUT2D eigenvalue weighted by Gasteiger charge is -1.72. The van der Waals surface area contributed by atoms with E-state index in [2.05, 4.69) is 12.6 Å². The Morgan fingerprint density at radius 3 is 1.40 bits per heavy atom. The average molecular weight is 168 g/mol. The summed E-state index contributed by atoms with van der Waals surface area (Å²) >= 11 is 3.21. The first-order valence-electron chi connectivity index (χ1n) is 2.20. The number of carboxylic acid groups (broad SMARTS) is 1. The molecule has 0 atom stereocenters. The topological polar surface area (TPSA) is 94.8 Å². The summed E-state index contributed by atoms with van der Waals surface area (Å²) in [5.41, 5.74) is 0. The number of thiol groups is 1. The van der Waals surface area contributed by atoms with Crippen molar-refractivity contribution in [2.24, 2.45) is 0 Å². The maximum atomic E-state index is 9.43. The van der Waals surface area contributed by atoms with Crippen molar-refractivity contribution >= 4 is 23.7 Å². The summed E-state index contributed by atoms with van der Waals surface area (Å²) in [5.74, 6) is -1.19. The Labute approximate surface area is 62.7 Å². The Morgan fingerprint density at radius 1 is 1.20 bits per heavy atom. The summed E-state index contributed by atoms with van der Waals surface area (Å²) < 4.78 is 0. The van der Waals surface area contributed by atoms with Crippen LogP contribution < -0.4 is 0 Å². The minimum atomic E-state index is -1.19. The van der Waals surface area contributed by atoms with Crippen LogP contribution in [0.3, 0.4) is 0 Å². The number of aliphatic hydroxyl groups is 2. The van der Waals surface area contributed by atoms with Crippen LogP contribution >= 0.6 is 12.6 Å². The molecule has 0 amide bonds. The summed E-state index contributed by atoms with van der Waals surface area (Å²) in [4.78, 5) is 18.5. The van der Waals surface area contributed by atoms with E-state index in [-0.39, 0.29) is 0 Å². The van der Waals surface area contributed by atoms with Crippen LogP contribution in [0.15, 0.2) is 0 Å². The van der Waals surface area contributed by atoms with Gasteiger partial charge in [0.05, 0.1) is 0 Å². The molecule has 0 aromatic heterocycles. The molecular weight excluding hydrogens is 160 g/mol. The molecule has 0 saturated heterocycles. The number of rotatable bonds is 2. The first-order valence-corrected chi connectivity index (χ1v) is 2.64. The second kappa shape index (κ2) is 8.41. The lowest BCUT2D eigenvalue weighted by Crippen LogP contribution is -1.98. The largest absolute Gasteiger partial charge is 0.480 e. The van der Waals surface area contributed by atoms with Crippen LogP contribution in [-0.4, -0.2) is 39.6 Å². The number of carbonyl (C=O) groups is 2. The maximum absolute atomic E-state index is 9.43. The molecule has 0 radical (unpaired) electrons. The van der Waals surface area contributed by atoms with Crippen LogP contribution in [0.4, 0.5) is 0 Å². The number of aliphatic carboxylic acids is 1. The molecule has 0 bridgehead atoms. The zero-order valence-corrected chi connectivity index (χ0v) is 5.91. The van der Waals surface area contributed by atoms with Crippen molar-refractivity contribution in [3.05, 3.63) is 0 Å². The van der Waals surface area contributed by atoms with Crippen molar-refractivity contribution in [2.75, 3.05) is 13.2 Å². The van der Waals surface area contributed by atoms with Crippen molar-refractivity contribution in [1.29, 1.82) is 0 Å². The number of hydrogen-bond acceptors (Lipinski definition) is 4. The Kier molecular flexibility index (Phi) is 10.2. The van der Waals surface area contributed by atoms with Gasteiger partial charge in [0.2, 0.25) is 5.12 Å². The van der Waals surface area contributed by atoms with Gasteiger partial charge in [-0.1, -0.05) is 0 Å². The zero-order chi connectivity index (χ0) is 8.57. The van der Waals surface area contributed by atoms with Crippen molar-refractivity contribution < 1.29 is 24.9 Å². The Bertz CT molecular complexity index is 98.2. The van der Waals surface area contributed by atoms with E-state index in [1.54, 1.807) is 0 Å². The Morgan fingerprint density at radius 2 is 1.40 bits per heavy atom. The smallest absolute Gasteiger partial charge is 0.329 e. The molecular formula is C4H8O5S. The third-order valence-corrected chi connectivity index (χ3v) is 0.412. The van der Waals surface area contributed by atoms with Gasteiger partial charge in [-0.15, -0.1) is 12.6 Å². The molecule has 0 heterocycles. The van der Waals surface area contributed by atoms with E-state index in [0.29, 0.717) is 0 Å². The van der Waals surface area contributed by atoms with Gasteiger partial charge in [0, 0.05) is 0 Å². The van der Waals surface area contributed by atoms with Crippen LogP contribution in [0.2, 0.25) is 0 Å². The predicted octanol–water partition coefficient (Wildman–Crippen LogP) is -1.50. The Balaban J connectivity index is 0. The van der Waals surface area contributed by atoms with Gasteiger partial charge in [-0.25, -0.2) is 4.79 Å². The highest BCUT2D eigenvalue weighted by Gasteiger charge is 1.82. The molecule has 60 valence electrons. The molecule has 5 nitrogen and oxygen atoms in total. The summed E-state index contributed by atoms with van der Waals surface area (Å²) in [6.45, 7) is -1.25. The van der Waals surface area contributed by atoms with Crippen molar-refractivity contribution in [2.45, 2.75) is 0 Å². The third-order valence-electron chi connectivity index (χ3n) is 0.271. The number of aliphatic hydroxyl groups excluding tert-OH is 2. The molecule has 3 N–H and O–H groups in total. The van der Waals surface area contributed by atoms with Crippen LogP contribution in [0.25, 0.3) is 0 Å². The molecule has 0 saturated carbocycles. The summed E-state index contributed by atoms with van der Waals surface area (Å²) in [6.07, 6.45) is 0. The van der Waals surface area contributed by atoms with Crippen LogP contribution in [0.1, 0.15) is 0 Å². The van der Waals surface area contributed by atoms with Gasteiger partial charge in [-0.05, 0) is 0 Å². The summed E-state index contributed by atoms with van der Waals surface area (Å²) in [6, 6.07) is 0. The van der Waals surface area contributed by atoms with Gasteiger partial charge in [-0.2, -0.15) is 0 Å². The van der Waals surface area contributed by atoms with Gasteiger partial charge < -0.3 is 15.3 Å². The first-order chi connectivity index (χ1) is 4.54. The molecule has 10 heavy (non-hydrogen) atoms. The van der Waals surface area contributed by atoms with Gasteiger partial charge in [-0.3, -0.25) is 4.79 Å². The SMILES string of the molecule is O=C(O)CO.O=C(S)CO. The minimum absolute atomic E-state index is 0.469. The molecule has 0 aromatic rings. The highest BCUT2D eigenvalue weighted by Crippen LogP contribution is 1.69. The molecule has 0 unspecified atom stereocenters.